The van der Waals surface area contributed by atoms with Gasteiger partial charge in [-0.2, -0.15) is 0 Å². The minimum Gasteiger partial charge on any atom is -0.292 e. The van der Waals surface area contributed by atoms with E-state index in [0.717, 1.165) is 16.9 Å². The molecule has 0 spiro atoms. The monoisotopic (exact) mass is 290 g/mol. The lowest BCUT2D eigenvalue weighted by atomic mass is 10.2. The van der Waals surface area contributed by atoms with Crippen LogP contribution in [-0.4, -0.2) is 27.2 Å². The van der Waals surface area contributed by atoms with Crippen LogP contribution in [0.25, 0.3) is 12.2 Å². The van der Waals surface area contributed by atoms with Crippen LogP contribution < -0.4 is 10.8 Å². The van der Waals surface area contributed by atoms with Crippen molar-refractivity contribution in [3.8, 4) is 0 Å². The Bertz CT molecular complexity index is 639. The number of benzene rings is 1. The first-order valence-corrected chi connectivity index (χ1v) is 6.33. The molecule has 0 unspecified atom stereocenters. The van der Waals surface area contributed by atoms with E-state index < -0.39 is 11.8 Å². The van der Waals surface area contributed by atoms with Crippen molar-refractivity contribution >= 4 is 40.4 Å². The third kappa shape index (κ3) is 3.70. The molecule has 0 fully saturated rings. The number of nitrogens with zero attached hydrogens (tertiary/aromatic N) is 2. The maximum atomic E-state index is 11.2. The number of hydroxylamine groups is 1. The fraction of sp³-hybridized carbons (Fsp3) is 0. The van der Waals surface area contributed by atoms with Gasteiger partial charge in [0, 0.05) is 0 Å². The summed E-state index contributed by atoms with van der Waals surface area (Å²) in [4.78, 5) is 22.0. The van der Waals surface area contributed by atoms with Crippen molar-refractivity contribution in [3.63, 3.8) is 0 Å². The van der Waals surface area contributed by atoms with Crippen LogP contribution in [0, 0.1) is 0 Å². The molecule has 102 valence electrons. The fourth-order valence-electron chi connectivity index (χ4n) is 1.29. The molecule has 0 radical (unpaired) electrons. The van der Waals surface area contributed by atoms with E-state index in [0.29, 0.717) is 5.01 Å². The first-order chi connectivity index (χ1) is 9.69. The lowest BCUT2D eigenvalue weighted by Gasteiger charge is -1.96. The molecule has 20 heavy (non-hydrogen) atoms. The average molecular weight is 290 g/mol. The molecule has 0 saturated heterocycles. The minimum atomic E-state index is -1.17. The summed E-state index contributed by atoms with van der Waals surface area (Å²) in [7, 11) is 0. The molecule has 3 N–H and O–H groups in total. The van der Waals surface area contributed by atoms with Crippen molar-refractivity contribution in [1.82, 2.24) is 15.7 Å². The lowest BCUT2D eigenvalue weighted by molar-refractivity contribution is -0.141. The molecule has 2 rings (SSSR count). The maximum absolute atomic E-state index is 11.2. The standard InChI is InChI=1S/C12H10N4O3S/c17-10(11(18)16-19)13-12-15-14-9(20-12)7-6-8-4-2-1-3-5-8/h1-7,19H,(H,16,18)(H,13,15,17)/b7-6+. The number of carbonyl (C=O) groups is 2. The molecule has 8 heteroatoms. The van der Waals surface area contributed by atoms with Gasteiger partial charge in [0.25, 0.3) is 0 Å². The largest absolute Gasteiger partial charge is 0.333 e. The van der Waals surface area contributed by atoms with E-state index in [1.54, 1.807) is 6.08 Å². The summed E-state index contributed by atoms with van der Waals surface area (Å²) in [6, 6.07) is 9.62. The SMILES string of the molecule is O=C(NO)C(=O)Nc1nnc(/C=C/c2ccccc2)s1. The van der Waals surface area contributed by atoms with Gasteiger partial charge in [-0.25, -0.2) is 5.48 Å². The van der Waals surface area contributed by atoms with E-state index >= 15 is 0 Å². The molecule has 1 aromatic carbocycles. The number of anilines is 1. The van der Waals surface area contributed by atoms with E-state index in [-0.39, 0.29) is 5.13 Å². The van der Waals surface area contributed by atoms with Crippen LogP contribution in [0.5, 0.6) is 0 Å². The second kappa shape index (κ2) is 6.55. The van der Waals surface area contributed by atoms with Crippen LogP contribution in [0.2, 0.25) is 0 Å². The van der Waals surface area contributed by atoms with Gasteiger partial charge in [0.15, 0.2) is 0 Å². The van der Waals surface area contributed by atoms with Crippen molar-refractivity contribution in [1.29, 1.82) is 0 Å². The van der Waals surface area contributed by atoms with Gasteiger partial charge in [-0.05, 0) is 11.6 Å². The number of nitrogens with one attached hydrogen (secondary N) is 2. The molecule has 0 atom stereocenters. The van der Waals surface area contributed by atoms with Gasteiger partial charge in [0.05, 0.1) is 0 Å². The first kappa shape index (κ1) is 13.8. The zero-order chi connectivity index (χ0) is 14.4. The van der Waals surface area contributed by atoms with Crippen LogP contribution in [0.1, 0.15) is 10.6 Å². The molecule has 7 nitrogen and oxygen atoms in total. The normalized spacial score (nSPS) is 10.4. The van der Waals surface area contributed by atoms with E-state index in [4.69, 9.17) is 5.21 Å². The van der Waals surface area contributed by atoms with Gasteiger partial charge < -0.3 is 0 Å². The van der Waals surface area contributed by atoms with Crippen LogP contribution in [0.15, 0.2) is 30.3 Å². The molecule has 0 bridgehead atoms. The van der Waals surface area contributed by atoms with Crippen molar-refractivity contribution in [2.24, 2.45) is 0 Å². The van der Waals surface area contributed by atoms with Crippen molar-refractivity contribution < 1.29 is 14.8 Å². The van der Waals surface area contributed by atoms with Crippen molar-refractivity contribution in [3.05, 3.63) is 40.9 Å². The summed E-state index contributed by atoms with van der Waals surface area (Å²) in [5, 5.41) is 18.8. The molecule has 0 aliphatic rings. The molecule has 2 amide bonds. The Labute approximate surface area is 117 Å². The Morgan fingerprint density at radius 1 is 1.10 bits per heavy atom. The Kier molecular flexibility index (Phi) is 4.53. The number of rotatable bonds is 3. The van der Waals surface area contributed by atoms with Gasteiger partial charge in [0.1, 0.15) is 5.01 Å². The fourth-order valence-corrected chi connectivity index (χ4v) is 1.93. The van der Waals surface area contributed by atoms with Gasteiger partial charge >= 0.3 is 11.8 Å². The van der Waals surface area contributed by atoms with Gasteiger partial charge in [0.2, 0.25) is 5.13 Å². The van der Waals surface area contributed by atoms with Crippen LogP contribution in [0.3, 0.4) is 0 Å². The highest BCUT2D eigenvalue weighted by Gasteiger charge is 2.14. The van der Waals surface area contributed by atoms with E-state index in [9.17, 15) is 9.59 Å². The predicted octanol–water partition coefficient (Wildman–Crippen LogP) is 1.15. The lowest BCUT2D eigenvalue weighted by Crippen LogP contribution is -2.33. The molecular formula is C12H10N4O3S. The second-order valence-corrected chi connectivity index (χ2v) is 4.59. The number of carbonyl (C=O) groups excluding carboxylic acids is 2. The zero-order valence-electron chi connectivity index (χ0n) is 10.1. The smallest absolute Gasteiger partial charge is 0.292 e. The first-order valence-electron chi connectivity index (χ1n) is 5.51. The second-order valence-electron chi connectivity index (χ2n) is 3.58. The summed E-state index contributed by atoms with van der Waals surface area (Å²) < 4.78 is 0. The number of amides is 2. The topological polar surface area (TPSA) is 104 Å². The summed E-state index contributed by atoms with van der Waals surface area (Å²) in [6.07, 6.45) is 3.60. The zero-order valence-corrected chi connectivity index (χ0v) is 10.9. The predicted molar refractivity (Wildman–Crippen MR) is 73.8 cm³/mol. The van der Waals surface area contributed by atoms with E-state index in [1.165, 1.54) is 5.48 Å². The van der Waals surface area contributed by atoms with Gasteiger partial charge in [-0.1, -0.05) is 47.7 Å². The summed E-state index contributed by atoms with van der Waals surface area (Å²) in [5.74, 6) is -2.18. The average Bonchev–Trinajstić information content (AvgIpc) is 2.92. The molecule has 0 aliphatic carbocycles. The van der Waals surface area contributed by atoms with Gasteiger partial charge in [-0.15, -0.1) is 10.2 Å². The molecule has 0 saturated carbocycles. The van der Waals surface area contributed by atoms with E-state index in [1.807, 2.05) is 36.4 Å². The Hall–Kier alpha value is -2.58. The van der Waals surface area contributed by atoms with Crippen LogP contribution in [-0.2, 0) is 9.59 Å². The highest BCUT2D eigenvalue weighted by atomic mass is 32.1. The quantitative estimate of drug-likeness (QED) is 0.447. The van der Waals surface area contributed by atoms with Crippen molar-refractivity contribution in [2.75, 3.05) is 5.32 Å². The molecule has 0 aliphatic heterocycles. The number of hydrogen-bond acceptors (Lipinski definition) is 6. The molecule has 1 aromatic heterocycles. The number of hydrogen-bond donors (Lipinski definition) is 3. The summed E-state index contributed by atoms with van der Waals surface area (Å²) in [5.41, 5.74) is 2.24. The minimum absolute atomic E-state index is 0.173. The summed E-state index contributed by atoms with van der Waals surface area (Å²) >= 11 is 1.11. The molecule has 2 aromatic rings. The maximum Gasteiger partial charge on any atom is 0.333 e. The number of aromatic nitrogens is 2. The van der Waals surface area contributed by atoms with E-state index in [2.05, 4.69) is 15.5 Å². The Morgan fingerprint density at radius 3 is 2.55 bits per heavy atom. The third-order valence-electron chi connectivity index (χ3n) is 2.19. The Morgan fingerprint density at radius 2 is 1.85 bits per heavy atom. The van der Waals surface area contributed by atoms with Gasteiger partial charge in [-0.3, -0.25) is 20.1 Å². The van der Waals surface area contributed by atoms with Crippen LogP contribution in [0.4, 0.5) is 5.13 Å². The highest BCUT2D eigenvalue weighted by Crippen LogP contribution is 2.17. The Balaban J connectivity index is 2.01. The third-order valence-corrected chi connectivity index (χ3v) is 2.99. The molecule has 1 heterocycles. The highest BCUT2D eigenvalue weighted by molar-refractivity contribution is 7.16. The molecular weight excluding hydrogens is 280 g/mol. The van der Waals surface area contributed by atoms with Crippen molar-refractivity contribution in [2.45, 2.75) is 0 Å². The van der Waals surface area contributed by atoms with Crippen LogP contribution >= 0.6 is 11.3 Å². The summed E-state index contributed by atoms with van der Waals surface area (Å²) in [6.45, 7) is 0.